The molecule has 0 bridgehead atoms. The Morgan fingerprint density at radius 2 is 1.88 bits per heavy atom. The van der Waals surface area contributed by atoms with Crippen LogP contribution in [0.4, 0.5) is 10.2 Å². The van der Waals surface area contributed by atoms with Crippen LogP contribution >= 0.6 is 0 Å². The second-order valence-electron chi connectivity index (χ2n) is 10.7. The van der Waals surface area contributed by atoms with Gasteiger partial charge in [-0.1, -0.05) is 37.6 Å². The molecule has 3 aromatic carbocycles. The van der Waals surface area contributed by atoms with Crippen LogP contribution in [0.1, 0.15) is 61.5 Å². The van der Waals surface area contributed by atoms with Gasteiger partial charge in [0.05, 0.1) is 17.1 Å². The third kappa shape index (κ3) is 5.09. The van der Waals surface area contributed by atoms with Gasteiger partial charge in [0, 0.05) is 34.9 Å². The van der Waals surface area contributed by atoms with Crippen LogP contribution < -0.4 is 10.6 Å². The number of rotatable bonds is 9. The van der Waals surface area contributed by atoms with E-state index < -0.39 is 0 Å². The van der Waals surface area contributed by atoms with E-state index >= 15 is 0 Å². The molecule has 0 aliphatic heterocycles. The summed E-state index contributed by atoms with van der Waals surface area (Å²) < 4.78 is 15.9. The number of fused-ring (bicyclic) bond motifs is 2. The van der Waals surface area contributed by atoms with Gasteiger partial charge in [-0.3, -0.25) is 14.7 Å². The van der Waals surface area contributed by atoms with E-state index in [1.807, 2.05) is 43.5 Å². The summed E-state index contributed by atoms with van der Waals surface area (Å²) in [6.07, 6.45) is 5.84. The largest absolute Gasteiger partial charge is 0.347 e. The fourth-order valence-corrected chi connectivity index (χ4v) is 5.16. The molecule has 0 unspecified atom stereocenters. The number of nitrogens with one attached hydrogen (secondary N) is 3. The van der Waals surface area contributed by atoms with Crippen molar-refractivity contribution in [3.05, 3.63) is 83.8 Å². The molecule has 6 rings (SSSR count). The van der Waals surface area contributed by atoms with Gasteiger partial charge in [0.15, 0.2) is 5.82 Å². The van der Waals surface area contributed by atoms with E-state index in [2.05, 4.69) is 44.5 Å². The van der Waals surface area contributed by atoms with Crippen LogP contribution in [0.15, 0.2) is 66.9 Å². The Kier molecular flexibility index (Phi) is 6.84. The van der Waals surface area contributed by atoms with Crippen molar-refractivity contribution in [2.75, 3.05) is 5.32 Å². The molecule has 2 aromatic heterocycles. The third-order valence-corrected chi connectivity index (χ3v) is 7.66. The van der Waals surface area contributed by atoms with Crippen LogP contribution in [0.2, 0.25) is 0 Å². The van der Waals surface area contributed by atoms with Crippen LogP contribution in [0.25, 0.3) is 32.9 Å². The number of hydrogen-bond donors (Lipinski definition) is 3. The summed E-state index contributed by atoms with van der Waals surface area (Å²) >= 11 is 0. The molecule has 0 spiro atoms. The lowest BCUT2D eigenvalue weighted by atomic mass is 10.0. The van der Waals surface area contributed by atoms with Crippen molar-refractivity contribution in [3.8, 4) is 11.1 Å². The Balaban J connectivity index is 1.33. The minimum absolute atomic E-state index is 0.0213. The fraction of sp³-hybridized carbons (Fsp3) is 0.281. The molecular formula is C32H32FN5O2. The first-order valence-corrected chi connectivity index (χ1v) is 13.9. The number of amides is 2. The second-order valence-corrected chi connectivity index (χ2v) is 10.7. The highest BCUT2D eigenvalue weighted by atomic mass is 19.1. The van der Waals surface area contributed by atoms with Crippen molar-refractivity contribution in [1.29, 1.82) is 0 Å². The summed E-state index contributed by atoms with van der Waals surface area (Å²) in [7, 11) is 0. The molecule has 1 aliphatic carbocycles. The summed E-state index contributed by atoms with van der Waals surface area (Å²) in [5, 5.41) is 15.1. The number of carbonyl (C=O) groups is 2. The topological polar surface area (TPSA) is 91.8 Å². The van der Waals surface area contributed by atoms with E-state index in [0.717, 1.165) is 65.2 Å². The van der Waals surface area contributed by atoms with E-state index in [-0.39, 0.29) is 29.6 Å². The van der Waals surface area contributed by atoms with Crippen molar-refractivity contribution >= 4 is 39.4 Å². The van der Waals surface area contributed by atoms with Gasteiger partial charge in [-0.15, -0.1) is 0 Å². The predicted molar refractivity (Wildman–Crippen MR) is 156 cm³/mol. The lowest BCUT2D eigenvalue weighted by Crippen LogP contribution is -2.26. The molecule has 1 saturated carbocycles. The maximum absolute atomic E-state index is 13.8. The number of anilines is 1. The number of carbonyl (C=O) groups excluding carboxylic acids is 2. The van der Waals surface area contributed by atoms with Gasteiger partial charge < -0.3 is 15.2 Å². The Bertz CT molecular complexity index is 1730. The first kappa shape index (κ1) is 25.8. The molecule has 1 aliphatic rings. The van der Waals surface area contributed by atoms with Gasteiger partial charge in [-0.25, -0.2) is 4.39 Å². The monoisotopic (exact) mass is 537 g/mol. The number of hydrogen-bond acceptors (Lipinski definition) is 3. The lowest BCUT2D eigenvalue weighted by molar-refractivity contribution is -0.117. The number of benzene rings is 3. The van der Waals surface area contributed by atoms with Gasteiger partial charge >= 0.3 is 0 Å². The van der Waals surface area contributed by atoms with Crippen molar-refractivity contribution < 1.29 is 14.0 Å². The summed E-state index contributed by atoms with van der Waals surface area (Å²) in [4.78, 5) is 25.7. The molecule has 2 heterocycles. The summed E-state index contributed by atoms with van der Waals surface area (Å²) in [6, 6.07) is 18.1. The quantitative estimate of drug-likeness (QED) is 0.190. The first-order valence-electron chi connectivity index (χ1n) is 13.9. The molecule has 1 fully saturated rings. The highest BCUT2D eigenvalue weighted by Gasteiger charge is 2.30. The van der Waals surface area contributed by atoms with Crippen LogP contribution in [0.3, 0.4) is 0 Å². The van der Waals surface area contributed by atoms with Gasteiger partial charge in [0.25, 0.3) is 5.91 Å². The van der Waals surface area contributed by atoms with Gasteiger partial charge in [-0.05, 0) is 79.3 Å². The van der Waals surface area contributed by atoms with Crippen molar-refractivity contribution in [2.24, 2.45) is 5.92 Å². The zero-order chi connectivity index (χ0) is 27.8. The average Bonchev–Trinajstić information content (AvgIpc) is 3.65. The number of nitrogens with zero attached hydrogens (tertiary/aromatic N) is 2. The highest BCUT2D eigenvalue weighted by molar-refractivity contribution is 6.08. The summed E-state index contributed by atoms with van der Waals surface area (Å²) in [5.41, 5.74) is 5.06. The summed E-state index contributed by atoms with van der Waals surface area (Å²) in [6.45, 7) is 4.82. The molecule has 40 heavy (non-hydrogen) atoms. The van der Waals surface area contributed by atoms with Gasteiger partial charge in [-0.2, -0.15) is 5.10 Å². The van der Waals surface area contributed by atoms with E-state index in [4.69, 9.17) is 0 Å². The smallest absolute Gasteiger partial charge is 0.253 e. The van der Waals surface area contributed by atoms with E-state index in [1.54, 1.807) is 6.07 Å². The number of H-pyrrole nitrogens is 1. The number of aryl methyl sites for hydroxylation is 1. The number of unbranched alkanes of at least 4 members (excludes halogenated alkanes) is 1. The molecular weight excluding hydrogens is 505 g/mol. The first-order chi connectivity index (χ1) is 19.4. The lowest BCUT2D eigenvalue weighted by Gasteiger charge is -2.14. The molecule has 5 aromatic rings. The maximum Gasteiger partial charge on any atom is 0.253 e. The number of aromatic amines is 1. The van der Waals surface area contributed by atoms with Crippen molar-refractivity contribution in [2.45, 2.75) is 52.1 Å². The van der Waals surface area contributed by atoms with E-state index in [9.17, 15) is 14.0 Å². The SMILES string of the molecule is CCCCn1cc(C(=O)N[C@@H](C)c2cccc(F)c2)c2cc(-c3ccc4c(NC(=O)C5CC5)n[nH]c4c3)ccc21. The standard InChI is InChI=1S/C32H32FN5O2/c1-3-4-14-38-18-27(32(40)34-19(2)21-6-5-7-24(33)15-21)26-16-22(11-13-29(26)38)23-10-12-25-28(17-23)36-37-30(25)35-31(39)20-8-9-20/h5-7,10-13,15-20H,3-4,8-9,14H2,1-2H3,(H,34,40)(H2,35,36,37,39)/t19-/m0/s1. The highest BCUT2D eigenvalue weighted by Crippen LogP contribution is 2.33. The van der Waals surface area contributed by atoms with Gasteiger partial charge in [0.1, 0.15) is 5.82 Å². The molecule has 1 atom stereocenters. The van der Waals surface area contributed by atoms with Crippen molar-refractivity contribution in [1.82, 2.24) is 20.1 Å². The van der Waals surface area contributed by atoms with E-state index in [0.29, 0.717) is 16.9 Å². The molecule has 8 heteroatoms. The zero-order valence-corrected chi connectivity index (χ0v) is 22.6. The van der Waals surface area contributed by atoms with Crippen molar-refractivity contribution in [3.63, 3.8) is 0 Å². The zero-order valence-electron chi connectivity index (χ0n) is 22.6. The maximum atomic E-state index is 13.8. The third-order valence-electron chi connectivity index (χ3n) is 7.66. The Morgan fingerprint density at radius 3 is 2.65 bits per heavy atom. The average molecular weight is 538 g/mol. The van der Waals surface area contributed by atoms with Gasteiger partial charge in [0.2, 0.25) is 5.91 Å². The fourth-order valence-electron chi connectivity index (χ4n) is 5.16. The molecule has 0 saturated heterocycles. The summed E-state index contributed by atoms with van der Waals surface area (Å²) in [5.74, 6) is 0.146. The molecule has 2 amide bonds. The minimum Gasteiger partial charge on any atom is -0.347 e. The Hall–Kier alpha value is -4.46. The second kappa shape index (κ2) is 10.6. The minimum atomic E-state index is -0.349. The number of aromatic nitrogens is 3. The number of halogens is 1. The van der Waals surface area contributed by atoms with E-state index in [1.165, 1.54) is 12.1 Å². The van der Waals surface area contributed by atoms with Crippen LogP contribution in [0.5, 0.6) is 0 Å². The predicted octanol–water partition coefficient (Wildman–Crippen LogP) is 6.96. The normalized spacial score (nSPS) is 14.0. The molecule has 7 nitrogen and oxygen atoms in total. The van der Waals surface area contributed by atoms with Crippen LogP contribution in [-0.4, -0.2) is 26.6 Å². The Morgan fingerprint density at radius 1 is 1.07 bits per heavy atom. The van der Waals surface area contributed by atoms with Crippen LogP contribution in [0, 0.1) is 11.7 Å². The Labute approximate surface area is 231 Å². The molecule has 204 valence electrons. The molecule has 3 N–H and O–H groups in total. The van der Waals surface area contributed by atoms with Crippen LogP contribution in [-0.2, 0) is 11.3 Å². The molecule has 0 radical (unpaired) electrons.